The van der Waals surface area contributed by atoms with Gasteiger partial charge in [-0.3, -0.25) is 14.5 Å². The first-order valence-corrected chi connectivity index (χ1v) is 8.90. The number of carbonyl (C=O) groups excluding carboxylic acids is 2. The third-order valence-electron chi connectivity index (χ3n) is 4.48. The second-order valence-electron chi connectivity index (χ2n) is 6.73. The predicted octanol–water partition coefficient (Wildman–Crippen LogP) is 2.00. The molecule has 0 radical (unpaired) electrons. The van der Waals surface area contributed by atoms with Crippen LogP contribution in [-0.2, 0) is 4.79 Å². The predicted molar refractivity (Wildman–Crippen MR) is 95.8 cm³/mol. The molecule has 24 heavy (non-hydrogen) atoms. The number of hydrogen-bond acceptors (Lipinski definition) is 3. The minimum atomic E-state index is -0.476. The van der Waals surface area contributed by atoms with Crippen molar-refractivity contribution < 1.29 is 9.59 Å². The van der Waals surface area contributed by atoms with Crippen molar-refractivity contribution in [3.05, 3.63) is 35.9 Å². The molecule has 1 fully saturated rings. The number of amides is 2. The van der Waals surface area contributed by atoms with Gasteiger partial charge >= 0.3 is 0 Å². The number of rotatable bonds is 6. The van der Waals surface area contributed by atoms with Crippen LogP contribution in [0, 0.1) is 5.92 Å². The Kier molecular flexibility index (Phi) is 6.79. The molecule has 1 heterocycles. The molecule has 1 aliphatic heterocycles. The van der Waals surface area contributed by atoms with Crippen LogP contribution in [-0.4, -0.2) is 60.4 Å². The third-order valence-corrected chi connectivity index (χ3v) is 4.48. The van der Waals surface area contributed by atoms with Crippen LogP contribution in [0.4, 0.5) is 0 Å². The van der Waals surface area contributed by atoms with E-state index in [-0.39, 0.29) is 17.7 Å². The van der Waals surface area contributed by atoms with E-state index in [1.807, 2.05) is 36.9 Å². The minimum absolute atomic E-state index is 0.0328. The van der Waals surface area contributed by atoms with Gasteiger partial charge in [0.15, 0.2) is 0 Å². The lowest BCUT2D eigenvalue weighted by Gasteiger charge is -2.37. The lowest BCUT2D eigenvalue weighted by atomic mass is 10.0. The van der Waals surface area contributed by atoms with Crippen molar-refractivity contribution >= 4 is 11.8 Å². The number of nitrogens with zero attached hydrogens (tertiary/aromatic N) is 2. The molecule has 1 atom stereocenters. The molecule has 1 N–H and O–H groups in total. The molecule has 2 amide bonds. The summed E-state index contributed by atoms with van der Waals surface area (Å²) in [7, 11) is 0. The van der Waals surface area contributed by atoms with E-state index < -0.39 is 6.04 Å². The Balaban J connectivity index is 1.97. The fraction of sp³-hybridized carbons (Fsp3) is 0.579. The van der Waals surface area contributed by atoms with Gasteiger partial charge in [-0.25, -0.2) is 0 Å². The highest BCUT2D eigenvalue weighted by Gasteiger charge is 2.30. The molecule has 0 aromatic heterocycles. The van der Waals surface area contributed by atoms with Crippen LogP contribution in [0.1, 0.15) is 37.6 Å². The van der Waals surface area contributed by atoms with Gasteiger partial charge in [-0.1, -0.05) is 39.0 Å². The average Bonchev–Trinajstić information content (AvgIpc) is 2.60. The van der Waals surface area contributed by atoms with E-state index in [0.717, 1.165) is 39.1 Å². The van der Waals surface area contributed by atoms with Crippen molar-refractivity contribution in [3.63, 3.8) is 0 Å². The molecular formula is C19H29N3O2. The largest absolute Gasteiger partial charge is 0.340 e. The highest BCUT2D eigenvalue weighted by molar-refractivity contribution is 5.97. The maximum absolute atomic E-state index is 12.9. The monoisotopic (exact) mass is 331 g/mol. The van der Waals surface area contributed by atoms with E-state index >= 15 is 0 Å². The Bertz CT molecular complexity index is 537. The summed E-state index contributed by atoms with van der Waals surface area (Å²) in [6, 6.07) is 8.58. The van der Waals surface area contributed by atoms with Crippen molar-refractivity contribution in [1.82, 2.24) is 15.1 Å². The topological polar surface area (TPSA) is 52.6 Å². The van der Waals surface area contributed by atoms with Gasteiger partial charge in [0.1, 0.15) is 6.04 Å². The van der Waals surface area contributed by atoms with Crippen LogP contribution >= 0.6 is 0 Å². The van der Waals surface area contributed by atoms with Gasteiger partial charge < -0.3 is 10.2 Å². The summed E-state index contributed by atoms with van der Waals surface area (Å²) < 4.78 is 0. The zero-order chi connectivity index (χ0) is 17.5. The average molecular weight is 331 g/mol. The molecule has 1 aromatic carbocycles. The first kappa shape index (κ1) is 18.5. The Morgan fingerprint density at radius 3 is 2.25 bits per heavy atom. The van der Waals surface area contributed by atoms with Crippen molar-refractivity contribution in [2.45, 2.75) is 33.2 Å². The molecule has 0 saturated carbocycles. The molecule has 1 aromatic rings. The smallest absolute Gasteiger partial charge is 0.251 e. The highest BCUT2D eigenvalue weighted by atomic mass is 16.2. The molecule has 1 aliphatic rings. The van der Waals surface area contributed by atoms with Gasteiger partial charge in [-0.05, 0) is 31.0 Å². The molecule has 5 nitrogen and oxygen atoms in total. The Hall–Kier alpha value is -1.88. The van der Waals surface area contributed by atoms with E-state index in [1.165, 1.54) is 0 Å². The first-order valence-electron chi connectivity index (χ1n) is 8.90. The van der Waals surface area contributed by atoms with E-state index in [0.29, 0.717) is 5.56 Å². The van der Waals surface area contributed by atoms with E-state index in [4.69, 9.17) is 0 Å². The summed E-state index contributed by atoms with van der Waals surface area (Å²) in [5.74, 6) is -0.100. The Morgan fingerprint density at radius 2 is 1.71 bits per heavy atom. The second-order valence-corrected chi connectivity index (χ2v) is 6.73. The van der Waals surface area contributed by atoms with Gasteiger partial charge in [0.25, 0.3) is 5.91 Å². The Labute approximate surface area is 145 Å². The maximum atomic E-state index is 12.9. The zero-order valence-electron chi connectivity index (χ0n) is 15.0. The fourth-order valence-corrected chi connectivity index (χ4v) is 3.03. The molecule has 2 rings (SSSR count). The second kappa shape index (κ2) is 8.83. The summed E-state index contributed by atoms with van der Waals surface area (Å²) in [4.78, 5) is 29.5. The van der Waals surface area contributed by atoms with Crippen LogP contribution < -0.4 is 5.32 Å². The van der Waals surface area contributed by atoms with Crippen LogP contribution in [0.2, 0.25) is 0 Å². The van der Waals surface area contributed by atoms with Crippen molar-refractivity contribution in [2.24, 2.45) is 5.92 Å². The summed E-state index contributed by atoms with van der Waals surface area (Å²) in [6.07, 6.45) is 1.13. The van der Waals surface area contributed by atoms with Gasteiger partial charge in [-0.15, -0.1) is 0 Å². The molecular weight excluding hydrogens is 302 g/mol. The lowest BCUT2D eigenvalue weighted by Crippen LogP contribution is -2.56. The lowest BCUT2D eigenvalue weighted by molar-refractivity contribution is -0.136. The summed E-state index contributed by atoms with van der Waals surface area (Å²) >= 11 is 0. The summed E-state index contributed by atoms with van der Waals surface area (Å²) in [6.45, 7) is 10.5. The SMILES string of the molecule is CCCN1CCN(C(=O)C(NC(=O)c2ccccc2)C(C)C)CC1. The molecule has 1 saturated heterocycles. The summed E-state index contributed by atoms with van der Waals surface area (Å²) in [5.41, 5.74) is 0.587. The molecule has 0 spiro atoms. The Morgan fingerprint density at radius 1 is 1.08 bits per heavy atom. The van der Waals surface area contributed by atoms with Gasteiger partial charge in [-0.2, -0.15) is 0 Å². The molecule has 0 bridgehead atoms. The number of hydrogen-bond donors (Lipinski definition) is 1. The van der Waals surface area contributed by atoms with E-state index in [2.05, 4.69) is 17.1 Å². The van der Waals surface area contributed by atoms with E-state index in [1.54, 1.807) is 12.1 Å². The van der Waals surface area contributed by atoms with Crippen LogP contribution in [0.5, 0.6) is 0 Å². The molecule has 1 unspecified atom stereocenters. The van der Waals surface area contributed by atoms with Crippen molar-refractivity contribution in [3.8, 4) is 0 Å². The van der Waals surface area contributed by atoms with Crippen molar-refractivity contribution in [2.75, 3.05) is 32.7 Å². The molecule has 132 valence electrons. The normalized spacial score (nSPS) is 16.9. The maximum Gasteiger partial charge on any atom is 0.251 e. The van der Waals surface area contributed by atoms with Gasteiger partial charge in [0.05, 0.1) is 0 Å². The van der Waals surface area contributed by atoms with Crippen molar-refractivity contribution in [1.29, 1.82) is 0 Å². The first-order chi connectivity index (χ1) is 11.5. The van der Waals surface area contributed by atoms with Gasteiger partial charge in [0, 0.05) is 31.7 Å². The number of carbonyl (C=O) groups is 2. The van der Waals surface area contributed by atoms with Crippen LogP contribution in [0.15, 0.2) is 30.3 Å². The van der Waals surface area contributed by atoms with Crippen LogP contribution in [0.3, 0.4) is 0 Å². The highest BCUT2D eigenvalue weighted by Crippen LogP contribution is 2.11. The zero-order valence-corrected chi connectivity index (χ0v) is 15.0. The number of nitrogens with one attached hydrogen (secondary N) is 1. The third kappa shape index (κ3) is 4.81. The number of benzene rings is 1. The summed E-state index contributed by atoms with van der Waals surface area (Å²) in [5, 5.41) is 2.92. The van der Waals surface area contributed by atoms with Gasteiger partial charge in [0.2, 0.25) is 5.91 Å². The quantitative estimate of drug-likeness (QED) is 0.867. The van der Waals surface area contributed by atoms with E-state index in [9.17, 15) is 9.59 Å². The van der Waals surface area contributed by atoms with Crippen LogP contribution in [0.25, 0.3) is 0 Å². The fourth-order valence-electron chi connectivity index (χ4n) is 3.03. The molecule has 0 aliphatic carbocycles. The number of piperazine rings is 1. The standard InChI is InChI=1S/C19H29N3O2/c1-4-10-21-11-13-22(14-12-21)19(24)17(15(2)3)20-18(23)16-8-6-5-7-9-16/h5-9,15,17H,4,10-14H2,1-3H3,(H,20,23). The molecule has 5 heteroatoms. The minimum Gasteiger partial charge on any atom is -0.340 e.